The molecule has 0 aliphatic heterocycles. The highest BCUT2D eigenvalue weighted by atomic mass is 32.1. The van der Waals surface area contributed by atoms with Gasteiger partial charge >= 0.3 is 5.97 Å². The van der Waals surface area contributed by atoms with E-state index in [1.807, 2.05) is 31.4 Å². The third-order valence-corrected chi connectivity index (χ3v) is 4.66. The Morgan fingerprint density at radius 1 is 1.38 bits per heavy atom. The smallest absolute Gasteiger partial charge is 0.326 e. The number of thiazole rings is 1. The molecule has 2 N–H and O–H groups in total. The van der Waals surface area contributed by atoms with Gasteiger partial charge in [0.1, 0.15) is 16.7 Å². The van der Waals surface area contributed by atoms with Gasteiger partial charge in [0.2, 0.25) is 0 Å². The number of carboxylic acid groups (broad SMARTS) is 1. The Labute approximate surface area is 130 Å². The molecule has 0 saturated heterocycles. The van der Waals surface area contributed by atoms with Crippen LogP contribution in [0.1, 0.15) is 30.8 Å². The number of aliphatic carboxylic acids is 1. The van der Waals surface area contributed by atoms with E-state index in [2.05, 4.69) is 10.3 Å². The Morgan fingerprint density at radius 2 is 2.14 bits per heavy atom. The second-order valence-corrected chi connectivity index (χ2v) is 6.81. The number of aromatic nitrogens is 1. The minimum atomic E-state index is -1.02. The summed E-state index contributed by atoms with van der Waals surface area (Å²) in [6, 6.07) is 2.97. The summed E-state index contributed by atoms with van der Waals surface area (Å²) in [7, 11) is 0. The minimum Gasteiger partial charge on any atom is -0.480 e. The first-order chi connectivity index (χ1) is 9.97. The molecule has 5 nitrogen and oxygen atoms in total. The summed E-state index contributed by atoms with van der Waals surface area (Å²) in [6.45, 7) is 3.83. The van der Waals surface area contributed by atoms with Crippen molar-refractivity contribution in [2.75, 3.05) is 0 Å². The number of rotatable bonds is 6. The van der Waals surface area contributed by atoms with Gasteiger partial charge in [-0.3, -0.25) is 4.79 Å². The largest absolute Gasteiger partial charge is 0.480 e. The zero-order valence-corrected chi connectivity index (χ0v) is 13.3. The molecule has 0 aromatic carbocycles. The molecule has 0 aliphatic rings. The summed E-state index contributed by atoms with van der Waals surface area (Å²) in [5.41, 5.74) is 0.262. The second-order valence-electron chi connectivity index (χ2n) is 5.01. The summed E-state index contributed by atoms with van der Waals surface area (Å²) in [4.78, 5) is 28.5. The van der Waals surface area contributed by atoms with E-state index in [9.17, 15) is 9.59 Å². The Bertz CT molecular complexity index is 620. The van der Waals surface area contributed by atoms with Gasteiger partial charge in [-0.25, -0.2) is 9.78 Å². The summed E-state index contributed by atoms with van der Waals surface area (Å²) in [5, 5.41) is 16.0. The number of amides is 1. The maximum Gasteiger partial charge on any atom is 0.326 e. The zero-order chi connectivity index (χ0) is 15.4. The normalized spacial score (nSPS) is 12.3. The molecule has 2 aromatic heterocycles. The maximum atomic E-state index is 12.1. The van der Waals surface area contributed by atoms with Crippen LogP contribution in [-0.4, -0.2) is 28.0 Å². The average Bonchev–Trinajstić information content (AvgIpc) is 3.08. The predicted molar refractivity (Wildman–Crippen MR) is 83.8 cm³/mol. The lowest BCUT2D eigenvalue weighted by molar-refractivity contribution is -0.139. The molecule has 7 heteroatoms. The Balaban J connectivity index is 2.07. The lowest BCUT2D eigenvalue weighted by Crippen LogP contribution is -2.41. The second kappa shape index (κ2) is 6.82. The molecule has 21 heavy (non-hydrogen) atoms. The number of carbonyl (C=O) groups is 2. The van der Waals surface area contributed by atoms with Crippen molar-refractivity contribution in [1.29, 1.82) is 0 Å². The van der Waals surface area contributed by atoms with Crippen LogP contribution in [0, 0.1) is 5.92 Å². The van der Waals surface area contributed by atoms with Crippen LogP contribution in [0.5, 0.6) is 0 Å². The SMILES string of the molecule is CC(C)C[C@@H](NC(=O)c1csc(-c2cccs2)n1)C(=O)O. The van der Waals surface area contributed by atoms with E-state index < -0.39 is 17.9 Å². The molecule has 0 aliphatic carbocycles. The van der Waals surface area contributed by atoms with Gasteiger partial charge in [0.25, 0.3) is 5.91 Å². The van der Waals surface area contributed by atoms with Gasteiger partial charge in [0.15, 0.2) is 0 Å². The van der Waals surface area contributed by atoms with Gasteiger partial charge in [-0.1, -0.05) is 19.9 Å². The van der Waals surface area contributed by atoms with Crippen molar-refractivity contribution in [1.82, 2.24) is 10.3 Å². The van der Waals surface area contributed by atoms with Crippen molar-refractivity contribution < 1.29 is 14.7 Å². The maximum absolute atomic E-state index is 12.1. The van der Waals surface area contributed by atoms with Gasteiger partial charge in [-0.15, -0.1) is 22.7 Å². The van der Waals surface area contributed by atoms with Crippen LogP contribution in [0.25, 0.3) is 9.88 Å². The fraction of sp³-hybridized carbons (Fsp3) is 0.357. The van der Waals surface area contributed by atoms with Crippen LogP contribution in [0.3, 0.4) is 0 Å². The van der Waals surface area contributed by atoms with E-state index >= 15 is 0 Å². The number of hydrogen-bond donors (Lipinski definition) is 2. The van der Waals surface area contributed by atoms with E-state index in [1.54, 1.807) is 16.7 Å². The van der Waals surface area contributed by atoms with E-state index in [-0.39, 0.29) is 11.6 Å². The van der Waals surface area contributed by atoms with E-state index in [1.165, 1.54) is 11.3 Å². The van der Waals surface area contributed by atoms with Crippen molar-refractivity contribution >= 4 is 34.6 Å². The Morgan fingerprint density at radius 3 is 2.71 bits per heavy atom. The van der Waals surface area contributed by atoms with Gasteiger partial charge in [-0.05, 0) is 23.8 Å². The van der Waals surface area contributed by atoms with Crippen molar-refractivity contribution in [2.24, 2.45) is 5.92 Å². The first-order valence-electron chi connectivity index (χ1n) is 6.50. The number of nitrogens with zero attached hydrogens (tertiary/aromatic N) is 1. The van der Waals surface area contributed by atoms with Crippen molar-refractivity contribution in [3.8, 4) is 9.88 Å². The highest BCUT2D eigenvalue weighted by Gasteiger charge is 2.23. The quantitative estimate of drug-likeness (QED) is 0.856. The van der Waals surface area contributed by atoms with Gasteiger partial charge in [-0.2, -0.15) is 0 Å². The molecule has 112 valence electrons. The molecule has 0 bridgehead atoms. The number of thiophene rings is 1. The lowest BCUT2D eigenvalue weighted by Gasteiger charge is -2.15. The molecule has 1 amide bonds. The van der Waals surface area contributed by atoms with Crippen molar-refractivity contribution in [3.05, 3.63) is 28.6 Å². The minimum absolute atomic E-state index is 0.184. The molecule has 2 rings (SSSR count). The van der Waals surface area contributed by atoms with Crippen LogP contribution >= 0.6 is 22.7 Å². The average molecular weight is 324 g/mol. The summed E-state index contributed by atoms with van der Waals surface area (Å²) >= 11 is 2.93. The van der Waals surface area contributed by atoms with Crippen LogP contribution in [0.4, 0.5) is 0 Å². The first-order valence-corrected chi connectivity index (χ1v) is 8.26. The number of carboxylic acids is 1. The van der Waals surface area contributed by atoms with Crippen LogP contribution < -0.4 is 5.32 Å². The van der Waals surface area contributed by atoms with E-state index in [0.29, 0.717) is 6.42 Å². The monoisotopic (exact) mass is 324 g/mol. The van der Waals surface area contributed by atoms with Gasteiger partial charge in [0, 0.05) is 5.38 Å². The highest BCUT2D eigenvalue weighted by molar-refractivity contribution is 7.20. The topological polar surface area (TPSA) is 79.3 Å². The molecule has 0 radical (unpaired) electrons. The molecular formula is C14H16N2O3S2. The summed E-state index contributed by atoms with van der Waals surface area (Å²) in [6.07, 6.45) is 0.392. The number of carbonyl (C=O) groups excluding carboxylic acids is 1. The fourth-order valence-electron chi connectivity index (χ4n) is 1.82. The van der Waals surface area contributed by atoms with E-state index in [4.69, 9.17) is 5.11 Å². The van der Waals surface area contributed by atoms with Crippen LogP contribution in [0.15, 0.2) is 22.9 Å². The Hall–Kier alpha value is -1.73. The zero-order valence-electron chi connectivity index (χ0n) is 11.7. The van der Waals surface area contributed by atoms with Crippen LogP contribution in [-0.2, 0) is 4.79 Å². The molecular weight excluding hydrogens is 308 g/mol. The number of hydrogen-bond acceptors (Lipinski definition) is 5. The summed E-state index contributed by atoms with van der Waals surface area (Å²) in [5.74, 6) is -1.28. The van der Waals surface area contributed by atoms with Crippen molar-refractivity contribution in [2.45, 2.75) is 26.3 Å². The summed E-state index contributed by atoms with van der Waals surface area (Å²) < 4.78 is 0. The molecule has 0 saturated carbocycles. The molecule has 0 spiro atoms. The first kappa shape index (κ1) is 15.7. The molecule has 0 fully saturated rings. The standard InChI is InChI=1S/C14H16N2O3S2/c1-8(2)6-9(14(18)19)15-12(17)10-7-21-13(16-10)11-4-3-5-20-11/h3-5,7-9H,6H2,1-2H3,(H,15,17)(H,18,19)/t9-/m1/s1. The third kappa shape index (κ3) is 4.12. The Kier molecular flexibility index (Phi) is 5.08. The number of nitrogens with one attached hydrogen (secondary N) is 1. The lowest BCUT2D eigenvalue weighted by atomic mass is 10.0. The van der Waals surface area contributed by atoms with Gasteiger partial charge < -0.3 is 10.4 Å². The van der Waals surface area contributed by atoms with Crippen LogP contribution in [0.2, 0.25) is 0 Å². The molecule has 2 aromatic rings. The van der Waals surface area contributed by atoms with Gasteiger partial charge in [0.05, 0.1) is 4.88 Å². The molecule has 2 heterocycles. The molecule has 1 atom stereocenters. The van der Waals surface area contributed by atoms with E-state index in [0.717, 1.165) is 9.88 Å². The highest BCUT2D eigenvalue weighted by Crippen LogP contribution is 2.27. The fourth-order valence-corrected chi connectivity index (χ4v) is 3.43. The molecule has 0 unspecified atom stereocenters. The predicted octanol–water partition coefficient (Wildman–Crippen LogP) is 3.10. The third-order valence-electron chi connectivity index (χ3n) is 2.78. The van der Waals surface area contributed by atoms with Crippen molar-refractivity contribution in [3.63, 3.8) is 0 Å².